The van der Waals surface area contributed by atoms with Gasteiger partial charge in [-0.25, -0.2) is 0 Å². The third-order valence-electron chi connectivity index (χ3n) is 4.12. The Hall–Kier alpha value is -1.43. The molecule has 1 aliphatic rings. The predicted octanol–water partition coefficient (Wildman–Crippen LogP) is 0.599. The Labute approximate surface area is 125 Å². The highest BCUT2D eigenvalue weighted by Gasteiger charge is 2.34. The van der Waals surface area contributed by atoms with Crippen LogP contribution in [0.25, 0.3) is 0 Å². The molecule has 1 fully saturated rings. The lowest BCUT2D eigenvalue weighted by atomic mass is 10.1. The molecule has 2 N–H and O–H groups in total. The quantitative estimate of drug-likeness (QED) is 0.804. The summed E-state index contributed by atoms with van der Waals surface area (Å²) >= 11 is 0. The molecule has 1 aromatic carbocycles. The molecule has 0 amide bonds. The van der Waals surface area contributed by atoms with Crippen molar-refractivity contribution in [1.29, 1.82) is 0 Å². The second-order valence-electron chi connectivity index (χ2n) is 5.94. The molecule has 0 spiro atoms. The molecule has 1 saturated heterocycles. The maximum atomic E-state index is 10.8. The average Bonchev–Trinajstić information content (AvgIpc) is 2.79. The molecule has 0 aromatic heterocycles. The molecule has 0 radical (unpaired) electrons. The van der Waals surface area contributed by atoms with Crippen molar-refractivity contribution in [2.24, 2.45) is 0 Å². The number of aliphatic hydroxyl groups excluding tert-OH is 1. The lowest BCUT2D eigenvalue weighted by Gasteiger charge is -2.24. The van der Waals surface area contributed by atoms with Crippen molar-refractivity contribution in [3.8, 4) is 0 Å². The third kappa shape index (κ3) is 4.52. The van der Waals surface area contributed by atoms with E-state index in [9.17, 15) is 9.90 Å². The van der Waals surface area contributed by atoms with Crippen molar-refractivity contribution in [2.75, 3.05) is 33.2 Å². The molecule has 1 aromatic rings. The van der Waals surface area contributed by atoms with Crippen molar-refractivity contribution in [3.05, 3.63) is 35.4 Å². The largest absolute Gasteiger partial charge is 0.480 e. The Kier molecular flexibility index (Phi) is 5.33. The number of hydrogen-bond acceptors (Lipinski definition) is 4. The van der Waals surface area contributed by atoms with Crippen LogP contribution in [-0.4, -0.2) is 71.4 Å². The first kappa shape index (κ1) is 15.9. The van der Waals surface area contributed by atoms with Gasteiger partial charge in [0.2, 0.25) is 0 Å². The van der Waals surface area contributed by atoms with Crippen LogP contribution in [0.5, 0.6) is 0 Å². The monoisotopic (exact) mass is 292 g/mol. The summed E-state index contributed by atoms with van der Waals surface area (Å²) in [6, 6.07) is 8.39. The molecular weight excluding hydrogens is 268 g/mol. The van der Waals surface area contributed by atoms with Crippen molar-refractivity contribution < 1.29 is 15.0 Å². The van der Waals surface area contributed by atoms with E-state index in [1.54, 1.807) is 11.9 Å². The molecule has 21 heavy (non-hydrogen) atoms. The van der Waals surface area contributed by atoms with Crippen LogP contribution >= 0.6 is 0 Å². The molecule has 0 aliphatic carbocycles. The Morgan fingerprint density at radius 1 is 1.33 bits per heavy atom. The molecule has 5 nitrogen and oxygen atoms in total. The van der Waals surface area contributed by atoms with Crippen molar-refractivity contribution >= 4 is 5.97 Å². The third-order valence-corrected chi connectivity index (χ3v) is 4.12. The number of likely N-dealkylation sites (N-methyl/N-ethyl adjacent to an activating group) is 1. The van der Waals surface area contributed by atoms with E-state index in [0.717, 1.165) is 19.5 Å². The van der Waals surface area contributed by atoms with Crippen molar-refractivity contribution in [1.82, 2.24) is 9.80 Å². The molecular formula is C16H24N2O3. The summed E-state index contributed by atoms with van der Waals surface area (Å²) in [5.41, 5.74) is 2.54. The number of aliphatic carboxylic acids is 1. The fourth-order valence-electron chi connectivity index (χ4n) is 2.84. The van der Waals surface area contributed by atoms with Gasteiger partial charge in [-0.3, -0.25) is 14.6 Å². The van der Waals surface area contributed by atoms with Crippen LogP contribution in [0.2, 0.25) is 0 Å². The van der Waals surface area contributed by atoms with Crippen LogP contribution < -0.4 is 0 Å². The van der Waals surface area contributed by atoms with Crippen LogP contribution in [0.15, 0.2) is 24.3 Å². The molecule has 1 aliphatic heterocycles. The standard InChI is InChI=1S/C16H24N2O3/c1-12-3-5-13(6-4-12)7-8-18-9-14(15(19)10-18)17(2)11-16(20)21/h3-6,14-15,19H,7-11H2,1-2H3,(H,20,21)/t14-,15+/m0/s1. The number of aliphatic hydroxyl groups is 1. The topological polar surface area (TPSA) is 64.0 Å². The number of aryl methyl sites for hydroxylation is 1. The number of β-amino-alcohol motifs (C(OH)–C–C–N with tert-alkyl or cyclic N) is 1. The first-order valence-electron chi connectivity index (χ1n) is 7.33. The zero-order valence-electron chi connectivity index (χ0n) is 12.7. The predicted molar refractivity (Wildman–Crippen MR) is 81.4 cm³/mol. The number of nitrogens with zero attached hydrogens (tertiary/aromatic N) is 2. The highest BCUT2D eigenvalue weighted by atomic mass is 16.4. The number of hydrogen-bond donors (Lipinski definition) is 2. The first-order chi connectivity index (χ1) is 9.95. The van der Waals surface area contributed by atoms with Crippen molar-refractivity contribution in [3.63, 3.8) is 0 Å². The number of likely N-dealkylation sites (tertiary alicyclic amines) is 1. The lowest BCUT2D eigenvalue weighted by Crippen LogP contribution is -2.43. The summed E-state index contributed by atoms with van der Waals surface area (Å²) in [7, 11) is 1.76. The molecule has 2 atom stereocenters. The van der Waals surface area contributed by atoms with Gasteiger partial charge in [-0.2, -0.15) is 0 Å². The Balaban J connectivity index is 1.83. The molecule has 5 heteroatoms. The molecule has 0 unspecified atom stereocenters. The van der Waals surface area contributed by atoms with Crippen LogP contribution in [0.1, 0.15) is 11.1 Å². The van der Waals surface area contributed by atoms with Crippen molar-refractivity contribution in [2.45, 2.75) is 25.5 Å². The Morgan fingerprint density at radius 2 is 2.00 bits per heavy atom. The smallest absolute Gasteiger partial charge is 0.317 e. The highest BCUT2D eigenvalue weighted by Crippen LogP contribution is 2.16. The van der Waals surface area contributed by atoms with E-state index in [-0.39, 0.29) is 12.6 Å². The minimum Gasteiger partial charge on any atom is -0.480 e. The minimum absolute atomic E-state index is 0.0342. The molecule has 116 valence electrons. The van der Waals surface area contributed by atoms with Gasteiger partial charge in [0, 0.05) is 25.7 Å². The van der Waals surface area contributed by atoms with Gasteiger partial charge in [-0.05, 0) is 26.0 Å². The fraction of sp³-hybridized carbons (Fsp3) is 0.562. The number of carbonyl (C=O) groups is 1. The van der Waals surface area contributed by atoms with Crippen LogP contribution in [0.3, 0.4) is 0 Å². The molecule has 1 heterocycles. The second kappa shape index (κ2) is 7.02. The van der Waals surface area contributed by atoms with E-state index >= 15 is 0 Å². The van der Waals surface area contributed by atoms with Gasteiger partial charge in [0.25, 0.3) is 0 Å². The zero-order valence-corrected chi connectivity index (χ0v) is 12.7. The Bertz CT molecular complexity index is 475. The van der Waals surface area contributed by atoms with E-state index in [1.165, 1.54) is 11.1 Å². The van der Waals surface area contributed by atoms with Crippen LogP contribution in [0.4, 0.5) is 0 Å². The summed E-state index contributed by atoms with van der Waals surface area (Å²) in [5.74, 6) is -0.859. The summed E-state index contributed by atoms with van der Waals surface area (Å²) in [6.07, 6.45) is 0.468. The van der Waals surface area contributed by atoms with Gasteiger partial charge in [-0.1, -0.05) is 29.8 Å². The second-order valence-corrected chi connectivity index (χ2v) is 5.94. The van der Waals surface area contributed by atoms with E-state index in [0.29, 0.717) is 6.54 Å². The summed E-state index contributed by atoms with van der Waals surface area (Å²) in [5, 5.41) is 18.9. The summed E-state index contributed by atoms with van der Waals surface area (Å²) < 4.78 is 0. The van der Waals surface area contributed by atoms with Crippen LogP contribution in [-0.2, 0) is 11.2 Å². The van der Waals surface area contributed by atoms with E-state index in [1.807, 2.05) is 0 Å². The number of rotatable bonds is 6. The van der Waals surface area contributed by atoms with Gasteiger partial charge in [-0.15, -0.1) is 0 Å². The number of benzene rings is 1. The van der Waals surface area contributed by atoms with Crippen LogP contribution in [0, 0.1) is 6.92 Å². The fourth-order valence-corrected chi connectivity index (χ4v) is 2.84. The Morgan fingerprint density at radius 3 is 2.62 bits per heavy atom. The van der Waals surface area contributed by atoms with E-state index in [4.69, 9.17) is 5.11 Å². The van der Waals surface area contributed by atoms with E-state index < -0.39 is 12.1 Å². The SMILES string of the molecule is Cc1ccc(CCN2C[C@@H](O)[C@@H](N(C)CC(=O)O)C2)cc1. The maximum Gasteiger partial charge on any atom is 0.317 e. The van der Waals surface area contributed by atoms with Gasteiger partial charge < -0.3 is 10.2 Å². The zero-order chi connectivity index (χ0) is 15.4. The normalized spacial score (nSPS) is 22.9. The van der Waals surface area contributed by atoms with Gasteiger partial charge >= 0.3 is 5.97 Å². The number of carboxylic acids is 1. The first-order valence-corrected chi connectivity index (χ1v) is 7.33. The van der Waals surface area contributed by atoms with Gasteiger partial charge in [0.1, 0.15) is 0 Å². The molecule has 2 rings (SSSR count). The summed E-state index contributed by atoms with van der Waals surface area (Å²) in [4.78, 5) is 14.7. The van der Waals surface area contributed by atoms with Gasteiger partial charge in [0.15, 0.2) is 0 Å². The average molecular weight is 292 g/mol. The summed E-state index contributed by atoms with van der Waals surface area (Å²) in [6.45, 7) is 4.26. The molecule has 0 saturated carbocycles. The van der Waals surface area contributed by atoms with Gasteiger partial charge in [0.05, 0.1) is 12.6 Å². The maximum absolute atomic E-state index is 10.8. The number of carboxylic acid groups (broad SMARTS) is 1. The minimum atomic E-state index is -0.859. The molecule has 0 bridgehead atoms. The highest BCUT2D eigenvalue weighted by molar-refractivity contribution is 5.69. The van der Waals surface area contributed by atoms with E-state index in [2.05, 4.69) is 36.1 Å². The lowest BCUT2D eigenvalue weighted by molar-refractivity contribution is -0.138.